The van der Waals surface area contributed by atoms with E-state index in [1.807, 2.05) is 29.2 Å². The molecular formula is C17H20N4O2. The molecule has 120 valence electrons. The van der Waals surface area contributed by atoms with E-state index in [-0.39, 0.29) is 24.4 Å². The lowest BCUT2D eigenvalue weighted by Gasteiger charge is -2.25. The summed E-state index contributed by atoms with van der Waals surface area (Å²) in [6.45, 7) is 1.64. The van der Waals surface area contributed by atoms with Crippen molar-refractivity contribution in [2.24, 2.45) is 0 Å². The Bertz CT molecular complexity index is 721. The lowest BCUT2D eigenvalue weighted by atomic mass is 10.2. The third-order valence-electron chi connectivity index (χ3n) is 4.79. The van der Waals surface area contributed by atoms with Gasteiger partial charge in [0.25, 0.3) is 0 Å². The average Bonchev–Trinajstić information content (AvgIpc) is 3.26. The van der Waals surface area contributed by atoms with Crippen molar-refractivity contribution >= 4 is 22.8 Å². The Kier molecular flexibility index (Phi) is 3.52. The number of aromatic nitrogens is 2. The quantitative estimate of drug-likeness (QED) is 0.940. The zero-order valence-electron chi connectivity index (χ0n) is 13.0. The number of aromatic amines is 1. The van der Waals surface area contributed by atoms with Crippen LogP contribution in [0.15, 0.2) is 24.3 Å². The zero-order valence-corrected chi connectivity index (χ0v) is 13.0. The molecule has 1 N–H and O–H groups in total. The summed E-state index contributed by atoms with van der Waals surface area (Å²) in [7, 11) is 0. The number of benzene rings is 1. The van der Waals surface area contributed by atoms with E-state index in [9.17, 15) is 9.59 Å². The molecule has 2 aliphatic heterocycles. The second kappa shape index (κ2) is 5.68. The van der Waals surface area contributed by atoms with E-state index in [2.05, 4.69) is 9.97 Å². The number of carbonyl (C=O) groups is 2. The van der Waals surface area contributed by atoms with Crippen LogP contribution in [-0.4, -0.2) is 51.2 Å². The second-order valence-electron chi connectivity index (χ2n) is 6.30. The molecule has 6 heteroatoms. The van der Waals surface area contributed by atoms with Gasteiger partial charge in [-0.05, 0) is 31.4 Å². The van der Waals surface area contributed by atoms with Crippen LogP contribution in [0.1, 0.15) is 37.5 Å². The number of hydrogen-bond donors (Lipinski definition) is 1. The highest BCUT2D eigenvalue weighted by Gasteiger charge is 2.34. The monoisotopic (exact) mass is 312 g/mol. The van der Waals surface area contributed by atoms with E-state index in [1.165, 1.54) is 0 Å². The normalized spacial score (nSPS) is 21.6. The highest BCUT2D eigenvalue weighted by molar-refractivity contribution is 5.86. The lowest BCUT2D eigenvalue weighted by molar-refractivity contribution is -0.139. The minimum atomic E-state index is -0.00685. The van der Waals surface area contributed by atoms with Crippen LogP contribution in [0.25, 0.3) is 11.0 Å². The summed E-state index contributed by atoms with van der Waals surface area (Å²) in [5.41, 5.74) is 1.92. The van der Waals surface area contributed by atoms with E-state index in [0.29, 0.717) is 13.0 Å². The summed E-state index contributed by atoms with van der Waals surface area (Å²) in [6, 6.07) is 7.90. The van der Waals surface area contributed by atoms with Crippen molar-refractivity contribution in [3.05, 3.63) is 30.1 Å². The number of nitrogens with one attached hydrogen (secondary N) is 1. The molecule has 1 aromatic heterocycles. The van der Waals surface area contributed by atoms with Gasteiger partial charge < -0.3 is 14.8 Å². The van der Waals surface area contributed by atoms with Gasteiger partial charge in [0.2, 0.25) is 11.8 Å². The number of fused-ring (bicyclic) bond motifs is 1. The number of carbonyl (C=O) groups excluding carboxylic acids is 2. The average molecular weight is 312 g/mol. The van der Waals surface area contributed by atoms with Crippen LogP contribution in [0, 0.1) is 0 Å². The highest BCUT2D eigenvalue weighted by Crippen LogP contribution is 2.31. The molecule has 0 unspecified atom stereocenters. The van der Waals surface area contributed by atoms with Crippen LogP contribution >= 0.6 is 0 Å². The Morgan fingerprint density at radius 1 is 1.26 bits per heavy atom. The predicted molar refractivity (Wildman–Crippen MR) is 85.6 cm³/mol. The summed E-state index contributed by atoms with van der Waals surface area (Å²) in [4.78, 5) is 35.9. The first-order valence-corrected chi connectivity index (χ1v) is 8.24. The number of likely N-dealkylation sites (tertiary alicyclic amines) is 2. The summed E-state index contributed by atoms with van der Waals surface area (Å²) < 4.78 is 0. The number of para-hydroxylation sites is 2. The smallest absolute Gasteiger partial charge is 0.242 e. The number of rotatable bonds is 3. The number of hydrogen-bond acceptors (Lipinski definition) is 3. The van der Waals surface area contributed by atoms with Crippen LogP contribution in [0.5, 0.6) is 0 Å². The van der Waals surface area contributed by atoms with Crippen molar-refractivity contribution in [1.82, 2.24) is 19.8 Å². The number of nitrogens with zero attached hydrogens (tertiary/aromatic N) is 3. The first-order valence-electron chi connectivity index (χ1n) is 8.24. The van der Waals surface area contributed by atoms with Crippen LogP contribution in [0.2, 0.25) is 0 Å². The molecule has 2 amide bonds. The molecule has 4 rings (SSSR count). The maximum atomic E-state index is 12.6. The molecule has 3 heterocycles. The molecular weight excluding hydrogens is 292 g/mol. The maximum absolute atomic E-state index is 12.6. The minimum absolute atomic E-state index is 0.00685. The number of imidazole rings is 1. The number of amides is 2. The Labute approximate surface area is 134 Å². The lowest BCUT2D eigenvalue weighted by Crippen LogP contribution is -2.40. The van der Waals surface area contributed by atoms with Crippen molar-refractivity contribution in [2.75, 3.05) is 19.6 Å². The van der Waals surface area contributed by atoms with Crippen LogP contribution in [0.4, 0.5) is 0 Å². The van der Waals surface area contributed by atoms with E-state index >= 15 is 0 Å². The van der Waals surface area contributed by atoms with Crippen LogP contribution in [-0.2, 0) is 9.59 Å². The molecule has 0 saturated carbocycles. The van der Waals surface area contributed by atoms with E-state index in [0.717, 1.165) is 42.7 Å². The maximum Gasteiger partial charge on any atom is 0.242 e. The molecule has 6 nitrogen and oxygen atoms in total. The van der Waals surface area contributed by atoms with Gasteiger partial charge in [-0.25, -0.2) is 4.98 Å². The highest BCUT2D eigenvalue weighted by atomic mass is 16.2. The van der Waals surface area contributed by atoms with Gasteiger partial charge in [-0.15, -0.1) is 0 Å². The molecule has 23 heavy (non-hydrogen) atoms. The number of H-pyrrole nitrogens is 1. The van der Waals surface area contributed by atoms with Gasteiger partial charge in [-0.2, -0.15) is 0 Å². The Balaban J connectivity index is 1.53. The molecule has 0 aliphatic carbocycles. The fourth-order valence-electron chi connectivity index (χ4n) is 3.61. The van der Waals surface area contributed by atoms with Crippen LogP contribution < -0.4 is 0 Å². The van der Waals surface area contributed by atoms with Crippen molar-refractivity contribution in [1.29, 1.82) is 0 Å². The molecule has 1 aromatic carbocycles. The van der Waals surface area contributed by atoms with Gasteiger partial charge in [-0.1, -0.05) is 12.1 Å². The van der Waals surface area contributed by atoms with E-state index in [4.69, 9.17) is 0 Å². The van der Waals surface area contributed by atoms with Crippen molar-refractivity contribution < 1.29 is 9.59 Å². The van der Waals surface area contributed by atoms with Gasteiger partial charge >= 0.3 is 0 Å². The van der Waals surface area contributed by atoms with Gasteiger partial charge in [0, 0.05) is 19.5 Å². The summed E-state index contributed by atoms with van der Waals surface area (Å²) in [6.07, 6.45) is 3.32. The Hall–Kier alpha value is -2.37. The third-order valence-corrected chi connectivity index (χ3v) is 4.79. The first-order chi connectivity index (χ1) is 11.2. The standard InChI is InChI=1S/C17H20N4O2/c22-15-8-4-9-20(15)11-16(23)21-10-3-7-14(21)17-18-12-5-1-2-6-13(12)19-17/h1-2,5-6,14H,3-4,7-11H2,(H,18,19)/t14-/m0/s1. The predicted octanol–water partition coefficient (Wildman–Crippen LogP) is 1.85. The zero-order chi connectivity index (χ0) is 15.8. The third kappa shape index (κ3) is 2.58. The van der Waals surface area contributed by atoms with Crippen molar-refractivity contribution in [3.63, 3.8) is 0 Å². The SMILES string of the molecule is O=C1CCCN1CC(=O)N1CCC[C@H]1c1nc2ccccc2[nH]1. The van der Waals surface area contributed by atoms with Crippen LogP contribution in [0.3, 0.4) is 0 Å². The molecule has 2 fully saturated rings. The fourth-order valence-corrected chi connectivity index (χ4v) is 3.61. The Morgan fingerprint density at radius 3 is 2.91 bits per heavy atom. The van der Waals surface area contributed by atoms with Crippen molar-refractivity contribution in [3.8, 4) is 0 Å². The molecule has 0 bridgehead atoms. The summed E-state index contributed by atoms with van der Waals surface area (Å²) in [5.74, 6) is 0.978. The van der Waals surface area contributed by atoms with Gasteiger partial charge in [0.1, 0.15) is 5.82 Å². The minimum Gasteiger partial charge on any atom is -0.340 e. The molecule has 2 aromatic rings. The van der Waals surface area contributed by atoms with Gasteiger partial charge in [0.15, 0.2) is 0 Å². The fraction of sp³-hybridized carbons (Fsp3) is 0.471. The molecule has 0 spiro atoms. The van der Waals surface area contributed by atoms with Gasteiger partial charge in [0.05, 0.1) is 23.6 Å². The largest absolute Gasteiger partial charge is 0.340 e. The Morgan fingerprint density at radius 2 is 2.13 bits per heavy atom. The molecule has 0 radical (unpaired) electrons. The van der Waals surface area contributed by atoms with Crippen molar-refractivity contribution in [2.45, 2.75) is 31.7 Å². The van der Waals surface area contributed by atoms with Gasteiger partial charge in [-0.3, -0.25) is 9.59 Å². The molecule has 2 aliphatic rings. The molecule has 2 saturated heterocycles. The summed E-state index contributed by atoms with van der Waals surface area (Å²) >= 11 is 0. The molecule has 1 atom stereocenters. The van der Waals surface area contributed by atoms with E-state index in [1.54, 1.807) is 4.90 Å². The van der Waals surface area contributed by atoms with E-state index < -0.39 is 0 Å². The second-order valence-corrected chi connectivity index (χ2v) is 6.30. The summed E-state index contributed by atoms with van der Waals surface area (Å²) in [5, 5.41) is 0. The first kappa shape index (κ1) is 14.2. The topological polar surface area (TPSA) is 69.3 Å².